The summed E-state index contributed by atoms with van der Waals surface area (Å²) in [5.41, 5.74) is 6.72. The molecule has 3 heterocycles. The number of halogens is 1. The molecule has 8 heteroatoms. The fraction of sp³-hybridized carbons (Fsp3) is 0.364. The minimum Gasteiger partial charge on any atom is -0.336 e. The van der Waals surface area contributed by atoms with Crippen LogP contribution in [0.2, 0.25) is 5.02 Å². The van der Waals surface area contributed by atoms with E-state index in [4.69, 9.17) is 16.6 Å². The van der Waals surface area contributed by atoms with Crippen LogP contribution in [0.25, 0.3) is 27.5 Å². The van der Waals surface area contributed by atoms with Crippen molar-refractivity contribution in [3.8, 4) is 27.5 Å². The van der Waals surface area contributed by atoms with Crippen molar-refractivity contribution in [2.45, 2.75) is 46.0 Å². The Kier molecular flexibility index (Phi) is 8.11. The Morgan fingerprint density at radius 1 is 1.05 bits per heavy atom. The quantitative estimate of drug-likeness (QED) is 0.259. The molecular formula is C33H35ClN4O2S. The molecule has 0 radical (unpaired) electrons. The Morgan fingerprint density at radius 2 is 1.73 bits per heavy atom. The molecule has 2 aromatic carbocycles. The van der Waals surface area contributed by atoms with E-state index < -0.39 is 0 Å². The summed E-state index contributed by atoms with van der Waals surface area (Å²) in [5.74, 6) is 0.495. The second-order valence-corrected chi connectivity index (χ2v) is 12.2. The van der Waals surface area contributed by atoms with Gasteiger partial charge in [-0.15, -0.1) is 11.3 Å². The van der Waals surface area contributed by atoms with E-state index in [0.717, 1.165) is 79.0 Å². The van der Waals surface area contributed by atoms with Gasteiger partial charge in [0.2, 0.25) is 0 Å². The summed E-state index contributed by atoms with van der Waals surface area (Å²) in [6.45, 7) is 7.09. The first-order chi connectivity index (χ1) is 20.0. The Balaban J connectivity index is 1.60. The van der Waals surface area contributed by atoms with Gasteiger partial charge in [0.1, 0.15) is 5.01 Å². The van der Waals surface area contributed by atoms with Crippen molar-refractivity contribution in [1.82, 2.24) is 19.8 Å². The van der Waals surface area contributed by atoms with Gasteiger partial charge in [0.05, 0.1) is 22.5 Å². The highest BCUT2D eigenvalue weighted by Gasteiger charge is 2.31. The van der Waals surface area contributed by atoms with Crippen molar-refractivity contribution >= 4 is 28.8 Å². The summed E-state index contributed by atoms with van der Waals surface area (Å²) in [6, 6.07) is 15.7. The number of para-hydroxylation sites is 1. The third kappa shape index (κ3) is 5.63. The number of thiazole rings is 1. The summed E-state index contributed by atoms with van der Waals surface area (Å²) in [7, 11) is 0. The van der Waals surface area contributed by atoms with Gasteiger partial charge >= 0.3 is 0 Å². The van der Waals surface area contributed by atoms with Gasteiger partial charge in [-0.1, -0.05) is 55.8 Å². The molecule has 0 atom stereocenters. The number of amides is 1. The molecule has 1 saturated heterocycles. The maximum atomic E-state index is 14.6. The monoisotopic (exact) mass is 586 g/mol. The smallest absolute Gasteiger partial charge is 0.265 e. The van der Waals surface area contributed by atoms with E-state index in [2.05, 4.69) is 37.4 Å². The summed E-state index contributed by atoms with van der Waals surface area (Å²) in [5, 5.41) is 6.60. The van der Waals surface area contributed by atoms with Gasteiger partial charge in [-0.25, -0.2) is 4.98 Å². The summed E-state index contributed by atoms with van der Waals surface area (Å²) in [4.78, 5) is 35.7. The average molecular weight is 587 g/mol. The van der Waals surface area contributed by atoms with Crippen LogP contribution in [-0.2, 0) is 19.3 Å². The number of piperazine rings is 1. The zero-order valence-electron chi connectivity index (χ0n) is 23.6. The number of hydrogen-bond donors (Lipinski definition) is 1. The maximum Gasteiger partial charge on any atom is 0.265 e. The van der Waals surface area contributed by atoms with Gasteiger partial charge in [-0.05, 0) is 67.3 Å². The zero-order valence-corrected chi connectivity index (χ0v) is 25.2. The molecule has 2 aliphatic rings. The maximum absolute atomic E-state index is 14.6. The second-order valence-electron chi connectivity index (χ2n) is 10.9. The standard InChI is InChI=1S/C33H35ClN4O2S/c1-3-22-6-5-7-23(4-2)30(22)38-29(18-21-8-9-21)26(32(39)37-16-14-35-15-17-37)19-27(33(38)40)31-36-28(20-41-31)24-10-12-25(34)13-11-24/h5-7,10-13,19-21,35H,3-4,8-9,14-18H2,1-2H3. The number of rotatable bonds is 8. The fourth-order valence-electron chi connectivity index (χ4n) is 5.72. The van der Waals surface area contributed by atoms with E-state index in [1.165, 1.54) is 11.3 Å². The van der Waals surface area contributed by atoms with Gasteiger partial charge in [0.25, 0.3) is 11.5 Å². The number of carbonyl (C=O) groups excluding carboxylic acids is 1. The van der Waals surface area contributed by atoms with Crippen molar-refractivity contribution in [3.63, 3.8) is 0 Å². The predicted octanol–water partition coefficient (Wildman–Crippen LogP) is 6.40. The van der Waals surface area contributed by atoms with Crippen molar-refractivity contribution in [3.05, 3.63) is 91.7 Å². The number of nitrogens with zero attached hydrogens (tertiary/aromatic N) is 3. The molecular weight excluding hydrogens is 552 g/mol. The molecule has 2 fully saturated rings. The minimum absolute atomic E-state index is 0.00124. The van der Waals surface area contributed by atoms with Crippen LogP contribution in [0, 0.1) is 5.92 Å². The predicted molar refractivity (Wildman–Crippen MR) is 168 cm³/mol. The second kappa shape index (κ2) is 11.9. The van der Waals surface area contributed by atoms with Crippen LogP contribution >= 0.6 is 22.9 Å². The number of aromatic nitrogens is 2. The van der Waals surface area contributed by atoms with Gasteiger partial charge < -0.3 is 10.2 Å². The van der Waals surface area contributed by atoms with E-state index in [0.29, 0.717) is 40.2 Å². The van der Waals surface area contributed by atoms with Crippen LogP contribution in [0.1, 0.15) is 53.9 Å². The molecule has 4 aromatic rings. The molecule has 2 aromatic heterocycles. The lowest BCUT2D eigenvalue weighted by Gasteiger charge is -2.29. The summed E-state index contributed by atoms with van der Waals surface area (Å²) in [6.07, 6.45) is 4.57. The first kappa shape index (κ1) is 27.9. The van der Waals surface area contributed by atoms with Crippen LogP contribution < -0.4 is 10.9 Å². The molecule has 212 valence electrons. The number of hydrogen-bond acceptors (Lipinski definition) is 5. The molecule has 0 bridgehead atoms. The lowest BCUT2D eigenvalue weighted by molar-refractivity contribution is 0.0733. The van der Waals surface area contributed by atoms with Crippen LogP contribution in [0.15, 0.2) is 58.7 Å². The molecule has 0 unspecified atom stereocenters. The number of nitrogens with one attached hydrogen (secondary N) is 1. The topological polar surface area (TPSA) is 67.2 Å². The van der Waals surface area contributed by atoms with E-state index >= 15 is 0 Å². The first-order valence-electron chi connectivity index (χ1n) is 14.6. The molecule has 1 aliphatic carbocycles. The lowest BCUT2D eigenvalue weighted by atomic mass is 9.98. The van der Waals surface area contributed by atoms with Crippen molar-refractivity contribution in [1.29, 1.82) is 0 Å². The molecule has 1 aliphatic heterocycles. The van der Waals surface area contributed by atoms with Crippen molar-refractivity contribution in [2.75, 3.05) is 26.2 Å². The fourth-order valence-corrected chi connectivity index (χ4v) is 6.68. The van der Waals surface area contributed by atoms with Gasteiger partial charge in [0.15, 0.2) is 0 Å². The minimum atomic E-state index is -0.106. The van der Waals surface area contributed by atoms with Crippen molar-refractivity contribution < 1.29 is 4.79 Å². The van der Waals surface area contributed by atoms with E-state index in [9.17, 15) is 9.59 Å². The van der Waals surface area contributed by atoms with E-state index in [-0.39, 0.29) is 11.5 Å². The summed E-state index contributed by atoms with van der Waals surface area (Å²) < 4.78 is 1.89. The Labute approximate surface area is 250 Å². The van der Waals surface area contributed by atoms with Crippen LogP contribution in [-0.4, -0.2) is 46.5 Å². The zero-order chi connectivity index (χ0) is 28.5. The first-order valence-corrected chi connectivity index (χ1v) is 15.9. The highest BCUT2D eigenvalue weighted by molar-refractivity contribution is 7.13. The Bertz CT molecular complexity index is 1610. The molecule has 1 amide bonds. The van der Waals surface area contributed by atoms with Crippen LogP contribution in [0.5, 0.6) is 0 Å². The molecule has 41 heavy (non-hydrogen) atoms. The Morgan fingerprint density at radius 3 is 2.37 bits per heavy atom. The average Bonchev–Trinajstić information content (AvgIpc) is 3.70. The molecule has 1 saturated carbocycles. The number of aryl methyl sites for hydroxylation is 2. The molecule has 6 nitrogen and oxygen atoms in total. The highest BCUT2D eigenvalue weighted by atomic mass is 35.5. The third-order valence-corrected chi connectivity index (χ3v) is 9.31. The SMILES string of the molecule is CCc1cccc(CC)c1-n1c(CC2CC2)c(C(=O)N2CCNCC2)cc(-c2nc(-c3ccc(Cl)cc3)cs2)c1=O. The normalized spacial score (nSPS) is 15.3. The van der Waals surface area contributed by atoms with Gasteiger partial charge in [0, 0.05) is 47.8 Å². The molecule has 1 N–H and O–H groups in total. The number of carbonyl (C=O) groups is 1. The summed E-state index contributed by atoms with van der Waals surface area (Å²) >= 11 is 7.55. The highest BCUT2D eigenvalue weighted by Crippen LogP contribution is 2.37. The number of benzene rings is 2. The van der Waals surface area contributed by atoms with Gasteiger partial charge in [-0.2, -0.15) is 0 Å². The number of pyridine rings is 1. The van der Waals surface area contributed by atoms with E-state index in [1.807, 2.05) is 45.2 Å². The lowest BCUT2D eigenvalue weighted by Crippen LogP contribution is -2.47. The van der Waals surface area contributed by atoms with Crippen LogP contribution in [0.3, 0.4) is 0 Å². The third-order valence-electron chi connectivity index (χ3n) is 8.18. The Hall–Kier alpha value is -3.26. The van der Waals surface area contributed by atoms with Gasteiger partial charge in [-0.3, -0.25) is 14.2 Å². The molecule has 6 rings (SSSR count). The van der Waals surface area contributed by atoms with E-state index in [1.54, 1.807) is 0 Å². The largest absolute Gasteiger partial charge is 0.336 e. The van der Waals surface area contributed by atoms with Crippen molar-refractivity contribution in [2.24, 2.45) is 5.92 Å². The van der Waals surface area contributed by atoms with Crippen LogP contribution in [0.4, 0.5) is 0 Å². The molecule has 0 spiro atoms.